The Kier molecular flexibility index (Phi) is 2.84. The third-order valence-corrected chi connectivity index (χ3v) is 3.45. The lowest BCUT2D eigenvalue weighted by molar-refractivity contribution is 0.112. The zero-order valence-corrected chi connectivity index (χ0v) is 9.54. The van der Waals surface area contributed by atoms with Crippen LogP contribution in [-0.2, 0) is 0 Å². The average Bonchev–Trinajstić information content (AvgIpc) is 2.78. The highest BCUT2D eigenvalue weighted by Gasteiger charge is 2.04. The van der Waals surface area contributed by atoms with E-state index in [-0.39, 0.29) is 0 Å². The van der Waals surface area contributed by atoms with Gasteiger partial charge in [0.15, 0.2) is 0 Å². The Morgan fingerprint density at radius 1 is 1.31 bits per heavy atom. The van der Waals surface area contributed by atoms with Gasteiger partial charge in [-0.05, 0) is 36.2 Å². The molecule has 0 fully saturated rings. The van der Waals surface area contributed by atoms with E-state index < -0.39 is 0 Å². The monoisotopic (exact) mass is 227 g/mol. The van der Waals surface area contributed by atoms with Crippen LogP contribution < -0.4 is 0 Å². The average molecular weight is 227 g/mol. The maximum Gasteiger partial charge on any atom is 0.150 e. The zero-order chi connectivity index (χ0) is 11.5. The topological polar surface area (TPSA) is 40.9 Å². The summed E-state index contributed by atoms with van der Waals surface area (Å²) in [6.45, 7) is 1.91. The highest BCUT2D eigenvalue weighted by Crippen LogP contribution is 2.28. The molecule has 0 saturated carbocycles. The molecule has 0 spiro atoms. The molecule has 0 radical (unpaired) electrons. The predicted molar refractivity (Wildman–Crippen MR) is 64.6 cm³/mol. The fourth-order valence-corrected chi connectivity index (χ4v) is 2.27. The quantitative estimate of drug-likeness (QED) is 0.738. The molecule has 0 amide bonds. The normalized spacial score (nSPS) is 9.75. The van der Waals surface area contributed by atoms with Gasteiger partial charge in [0.2, 0.25) is 0 Å². The van der Waals surface area contributed by atoms with Crippen molar-refractivity contribution in [3.8, 4) is 16.5 Å². The van der Waals surface area contributed by atoms with Crippen molar-refractivity contribution in [3.05, 3.63) is 46.3 Å². The van der Waals surface area contributed by atoms with Crippen molar-refractivity contribution in [1.82, 2.24) is 0 Å². The Morgan fingerprint density at radius 3 is 2.75 bits per heavy atom. The van der Waals surface area contributed by atoms with Gasteiger partial charge in [0.05, 0.1) is 0 Å². The number of aryl methyl sites for hydroxylation is 1. The van der Waals surface area contributed by atoms with Gasteiger partial charge in [0.25, 0.3) is 0 Å². The van der Waals surface area contributed by atoms with Gasteiger partial charge in [-0.1, -0.05) is 12.1 Å². The van der Waals surface area contributed by atoms with Gasteiger partial charge in [0, 0.05) is 10.4 Å². The van der Waals surface area contributed by atoms with Crippen molar-refractivity contribution in [3.63, 3.8) is 0 Å². The van der Waals surface area contributed by atoms with Crippen LogP contribution in [0.1, 0.15) is 20.8 Å². The lowest BCUT2D eigenvalue weighted by Crippen LogP contribution is -1.86. The van der Waals surface area contributed by atoms with Crippen molar-refractivity contribution in [1.29, 1.82) is 5.26 Å². The van der Waals surface area contributed by atoms with Gasteiger partial charge in [-0.25, -0.2) is 0 Å². The van der Waals surface area contributed by atoms with E-state index in [0.29, 0.717) is 10.4 Å². The van der Waals surface area contributed by atoms with Crippen LogP contribution in [0.5, 0.6) is 0 Å². The van der Waals surface area contributed by atoms with Crippen LogP contribution in [0.15, 0.2) is 30.3 Å². The summed E-state index contributed by atoms with van der Waals surface area (Å²) in [7, 11) is 0. The molecule has 0 N–H and O–H groups in total. The molecule has 0 unspecified atom stereocenters. The first-order chi connectivity index (χ1) is 7.74. The van der Waals surface area contributed by atoms with Crippen LogP contribution in [0.25, 0.3) is 10.4 Å². The number of benzene rings is 1. The Labute approximate surface area is 97.8 Å². The first-order valence-corrected chi connectivity index (χ1v) is 5.62. The second-order valence-corrected chi connectivity index (χ2v) is 4.55. The molecule has 1 heterocycles. The molecular formula is C13H9NOS. The van der Waals surface area contributed by atoms with Gasteiger partial charge in [-0.2, -0.15) is 5.26 Å². The van der Waals surface area contributed by atoms with Crippen LogP contribution >= 0.6 is 11.3 Å². The first-order valence-electron chi connectivity index (χ1n) is 4.80. The summed E-state index contributed by atoms with van der Waals surface area (Å²) in [5.74, 6) is 0. The number of rotatable bonds is 2. The molecule has 0 saturated heterocycles. The molecule has 1 aromatic heterocycles. The molecular weight excluding hydrogens is 218 g/mol. The third-order valence-electron chi connectivity index (χ3n) is 2.41. The lowest BCUT2D eigenvalue weighted by Gasteiger charge is -2.01. The summed E-state index contributed by atoms with van der Waals surface area (Å²) in [6, 6.07) is 11.5. The molecule has 2 aromatic rings. The number of carbonyl (C=O) groups is 1. The van der Waals surface area contributed by atoms with E-state index in [1.54, 1.807) is 6.07 Å². The van der Waals surface area contributed by atoms with Gasteiger partial charge >= 0.3 is 0 Å². The molecule has 0 bridgehead atoms. The number of hydrogen-bond donors (Lipinski definition) is 0. The van der Waals surface area contributed by atoms with Crippen molar-refractivity contribution in [2.24, 2.45) is 0 Å². The molecule has 2 rings (SSSR count). The van der Waals surface area contributed by atoms with E-state index in [4.69, 9.17) is 5.26 Å². The number of nitriles is 1. The fraction of sp³-hybridized carbons (Fsp3) is 0.0769. The highest BCUT2D eigenvalue weighted by molar-refractivity contribution is 7.16. The van der Waals surface area contributed by atoms with Crippen LogP contribution in [0, 0.1) is 18.3 Å². The lowest BCUT2D eigenvalue weighted by atomic mass is 10.1. The molecule has 2 nitrogen and oxygen atoms in total. The van der Waals surface area contributed by atoms with Crippen LogP contribution in [-0.4, -0.2) is 6.29 Å². The molecule has 16 heavy (non-hydrogen) atoms. The number of nitrogens with zero attached hydrogens (tertiary/aromatic N) is 1. The highest BCUT2D eigenvalue weighted by atomic mass is 32.1. The molecule has 0 aliphatic heterocycles. The summed E-state index contributed by atoms with van der Waals surface area (Å²) >= 11 is 1.43. The van der Waals surface area contributed by atoms with E-state index in [2.05, 4.69) is 6.07 Å². The SMILES string of the molecule is Cc1ccc(-c2ccc(C#N)s2)cc1C=O. The maximum absolute atomic E-state index is 10.8. The van der Waals surface area contributed by atoms with Crippen LogP contribution in [0.2, 0.25) is 0 Å². The fourth-order valence-electron chi connectivity index (χ4n) is 1.47. The number of carbonyl (C=O) groups excluding carboxylic acids is 1. The van der Waals surface area contributed by atoms with Gasteiger partial charge in [-0.3, -0.25) is 4.79 Å². The number of hydrogen-bond acceptors (Lipinski definition) is 3. The summed E-state index contributed by atoms with van der Waals surface area (Å²) in [5.41, 5.74) is 2.65. The summed E-state index contributed by atoms with van der Waals surface area (Å²) in [4.78, 5) is 12.5. The molecule has 0 atom stereocenters. The standard InChI is InChI=1S/C13H9NOS/c1-9-2-3-10(6-11(9)8-15)13-5-4-12(7-14)16-13/h2-6,8H,1H3. The van der Waals surface area contributed by atoms with Crippen molar-refractivity contribution < 1.29 is 4.79 Å². The Balaban J connectivity index is 2.48. The molecule has 0 aliphatic carbocycles. The minimum atomic E-state index is 0.684. The van der Waals surface area contributed by atoms with Crippen LogP contribution in [0.4, 0.5) is 0 Å². The van der Waals surface area contributed by atoms with Crippen LogP contribution in [0.3, 0.4) is 0 Å². The summed E-state index contributed by atoms with van der Waals surface area (Å²) in [6.07, 6.45) is 0.859. The zero-order valence-electron chi connectivity index (χ0n) is 8.73. The van der Waals surface area contributed by atoms with Crippen molar-refractivity contribution >= 4 is 17.6 Å². The second-order valence-electron chi connectivity index (χ2n) is 3.46. The molecule has 78 valence electrons. The largest absolute Gasteiger partial charge is 0.298 e. The minimum Gasteiger partial charge on any atom is -0.298 e. The smallest absolute Gasteiger partial charge is 0.150 e. The maximum atomic E-state index is 10.8. The number of aldehydes is 1. The van der Waals surface area contributed by atoms with Gasteiger partial charge < -0.3 is 0 Å². The van der Waals surface area contributed by atoms with E-state index in [1.807, 2.05) is 31.2 Å². The second kappa shape index (κ2) is 4.30. The predicted octanol–water partition coefficient (Wildman–Crippen LogP) is 3.41. The van der Waals surface area contributed by atoms with Crippen molar-refractivity contribution in [2.75, 3.05) is 0 Å². The summed E-state index contributed by atoms with van der Waals surface area (Å²) < 4.78 is 0. The van der Waals surface area contributed by atoms with E-state index >= 15 is 0 Å². The minimum absolute atomic E-state index is 0.684. The number of thiophene rings is 1. The molecule has 1 aromatic carbocycles. The Bertz CT molecular complexity index is 578. The van der Waals surface area contributed by atoms with E-state index in [9.17, 15) is 4.79 Å². The first kappa shape index (κ1) is 10.6. The summed E-state index contributed by atoms with van der Waals surface area (Å²) in [5, 5.41) is 8.75. The Morgan fingerprint density at radius 2 is 2.12 bits per heavy atom. The molecule has 0 aliphatic rings. The van der Waals surface area contributed by atoms with E-state index in [0.717, 1.165) is 22.3 Å². The Hall–Kier alpha value is -1.92. The van der Waals surface area contributed by atoms with Gasteiger partial charge in [0.1, 0.15) is 17.2 Å². The third kappa shape index (κ3) is 1.88. The molecule has 3 heteroatoms. The van der Waals surface area contributed by atoms with Gasteiger partial charge in [-0.15, -0.1) is 11.3 Å². The van der Waals surface area contributed by atoms with E-state index in [1.165, 1.54) is 11.3 Å². The van der Waals surface area contributed by atoms with Crippen molar-refractivity contribution in [2.45, 2.75) is 6.92 Å².